The van der Waals surface area contributed by atoms with Gasteiger partial charge in [-0.1, -0.05) is 6.92 Å². The van der Waals surface area contributed by atoms with E-state index < -0.39 is 6.10 Å². The van der Waals surface area contributed by atoms with Crippen molar-refractivity contribution in [3.05, 3.63) is 0 Å². The number of ether oxygens (including phenoxy) is 2. The van der Waals surface area contributed by atoms with Gasteiger partial charge in [-0.2, -0.15) is 0 Å². The van der Waals surface area contributed by atoms with E-state index in [0.717, 1.165) is 51.8 Å². The van der Waals surface area contributed by atoms with Crippen molar-refractivity contribution < 1.29 is 19.1 Å². The summed E-state index contributed by atoms with van der Waals surface area (Å²) in [5, 5.41) is 0. The molecule has 3 atom stereocenters. The van der Waals surface area contributed by atoms with E-state index in [9.17, 15) is 9.59 Å². The Bertz CT molecular complexity index is 484. The minimum Gasteiger partial charge on any atom is -0.376 e. The molecule has 3 saturated heterocycles. The Morgan fingerprint density at radius 3 is 2.50 bits per heavy atom. The van der Waals surface area contributed by atoms with Gasteiger partial charge in [0.15, 0.2) is 0 Å². The van der Waals surface area contributed by atoms with Gasteiger partial charge in [0, 0.05) is 38.7 Å². The van der Waals surface area contributed by atoms with E-state index in [1.54, 1.807) is 0 Å². The molecule has 0 aromatic heterocycles. The molecule has 26 heavy (non-hydrogen) atoms. The lowest BCUT2D eigenvalue weighted by molar-refractivity contribution is -0.149. The molecule has 2 amide bonds. The number of piperidine rings is 2. The van der Waals surface area contributed by atoms with Gasteiger partial charge in [-0.3, -0.25) is 9.59 Å². The molecule has 3 aliphatic rings. The lowest BCUT2D eigenvalue weighted by Crippen LogP contribution is -2.48. The first-order chi connectivity index (χ1) is 12.5. The highest BCUT2D eigenvalue weighted by Crippen LogP contribution is 2.24. The summed E-state index contributed by atoms with van der Waals surface area (Å²) < 4.78 is 11.3. The van der Waals surface area contributed by atoms with Gasteiger partial charge in [-0.05, 0) is 51.4 Å². The molecule has 0 spiro atoms. The van der Waals surface area contributed by atoms with E-state index in [4.69, 9.17) is 9.47 Å². The molecular formula is C20H34N2O4. The van der Waals surface area contributed by atoms with Crippen molar-refractivity contribution in [2.75, 3.05) is 39.4 Å². The molecular weight excluding hydrogens is 332 g/mol. The monoisotopic (exact) mass is 366 g/mol. The van der Waals surface area contributed by atoms with E-state index >= 15 is 0 Å². The van der Waals surface area contributed by atoms with Gasteiger partial charge in [0.25, 0.3) is 5.91 Å². The highest BCUT2D eigenvalue weighted by molar-refractivity contribution is 5.82. The number of hydrogen-bond donors (Lipinski definition) is 0. The van der Waals surface area contributed by atoms with Gasteiger partial charge in [0.1, 0.15) is 6.10 Å². The summed E-state index contributed by atoms with van der Waals surface area (Å²) >= 11 is 0. The average molecular weight is 367 g/mol. The highest BCUT2D eigenvalue weighted by atomic mass is 16.5. The van der Waals surface area contributed by atoms with Crippen molar-refractivity contribution in [3.63, 3.8) is 0 Å². The maximum atomic E-state index is 12.7. The Hall–Kier alpha value is -1.14. The fraction of sp³-hybridized carbons (Fsp3) is 0.900. The molecule has 3 aliphatic heterocycles. The zero-order valence-corrected chi connectivity index (χ0v) is 16.3. The molecule has 0 N–H and O–H groups in total. The van der Waals surface area contributed by atoms with Crippen LogP contribution in [0.1, 0.15) is 52.4 Å². The summed E-state index contributed by atoms with van der Waals surface area (Å²) in [4.78, 5) is 29.2. The second-order valence-corrected chi connectivity index (χ2v) is 8.24. The minimum absolute atomic E-state index is 0.0421. The van der Waals surface area contributed by atoms with Crippen LogP contribution in [0.5, 0.6) is 0 Å². The number of likely N-dealkylation sites (tertiary alicyclic amines) is 2. The van der Waals surface area contributed by atoms with Crippen LogP contribution >= 0.6 is 0 Å². The van der Waals surface area contributed by atoms with E-state index in [1.807, 2.05) is 16.7 Å². The predicted molar refractivity (Wildman–Crippen MR) is 98.7 cm³/mol. The fourth-order valence-corrected chi connectivity index (χ4v) is 4.35. The topological polar surface area (TPSA) is 59.1 Å². The van der Waals surface area contributed by atoms with Gasteiger partial charge < -0.3 is 19.3 Å². The first-order valence-corrected chi connectivity index (χ1v) is 10.4. The van der Waals surface area contributed by atoms with E-state index in [1.165, 1.54) is 6.42 Å². The van der Waals surface area contributed by atoms with Crippen LogP contribution in [-0.4, -0.2) is 73.2 Å². The Morgan fingerprint density at radius 2 is 1.85 bits per heavy atom. The number of nitrogens with zero attached hydrogens (tertiary/aromatic N) is 2. The Morgan fingerprint density at radius 1 is 1.08 bits per heavy atom. The summed E-state index contributed by atoms with van der Waals surface area (Å²) in [5.74, 6) is 1.02. The van der Waals surface area contributed by atoms with Crippen molar-refractivity contribution in [1.82, 2.24) is 9.80 Å². The SMILES string of the molecule is CC1CCCN(C(=O)C2CCN(C(=O)C(C)OCC3CCCO3)CC2)C1. The summed E-state index contributed by atoms with van der Waals surface area (Å²) in [6.07, 6.45) is 5.68. The third-order valence-corrected chi connectivity index (χ3v) is 6.03. The third-order valence-electron chi connectivity index (χ3n) is 6.03. The Kier molecular flexibility index (Phi) is 6.92. The number of amides is 2. The predicted octanol–water partition coefficient (Wildman–Crippen LogP) is 2.07. The van der Waals surface area contributed by atoms with Gasteiger partial charge in [0.2, 0.25) is 5.91 Å². The van der Waals surface area contributed by atoms with Crippen LogP contribution in [0.2, 0.25) is 0 Å². The molecule has 3 rings (SSSR count). The minimum atomic E-state index is -0.436. The van der Waals surface area contributed by atoms with Gasteiger partial charge in [0.05, 0.1) is 12.7 Å². The largest absolute Gasteiger partial charge is 0.376 e. The van der Waals surface area contributed by atoms with Crippen molar-refractivity contribution in [1.29, 1.82) is 0 Å². The summed E-state index contributed by atoms with van der Waals surface area (Å²) in [6, 6.07) is 0. The first-order valence-electron chi connectivity index (χ1n) is 10.4. The van der Waals surface area contributed by atoms with Crippen molar-refractivity contribution in [2.24, 2.45) is 11.8 Å². The van der Waals surface area contributed by atoms with Gasteiger partial charge in [-0.25, -0.2) is 0 Å². The van der Waals surface area contributed by atoms with E-state index in [2.05, 4.69) is 6.92 Å². The molecule has 3 fully saturated rings. The van der Waals surface area contributed by atoms with Crippen LogP contribution in [0.3, 0.4) is 0 Å². The molecule has 6 heteroatoms. The Labute approximate surface area is 157 Å². The van der Waals surface area contributed by atoms with Crippen LogP contribution < -0.4 is 0 Å². The molecule has 0 aromatic rings. The summed E-state index contributed by atoms with van der Waals surface area (Å²) in [6.45, 7) is 8.45. The van der Waals surface area contributed by atoms with E-state index in [0.29, 0.717) is 31.5 Å². The third kappa shape index (κ3) is 4.97. The van der Waals surface area contributed by atoms with Crippen LogP contribution in [0.4, 0.5) is 0 Å². The van der Waals surface area contributed by atoms with Gasteiger partial charge in [-0.15, -0.1) is 0 Å². The molecule has 0 bridgehead atoms. The zero-order valence-electron chi connectivity index (χ0n) is 16.3. The molecule has 0 aromatic carbocycles. The Balaban J connectivity index is 1.40. The number of rotatable bonds is 5. The first kappa shape index (κ1) is 19.6. The van der Waals surface area contributed by atoms with Crippen LogP contribution in [0, 0.1) is 11.8 Å². The molecule has 3 heterocycles. The molecule has 0 saturated carbocycles. The lowest BCUT2D eigenvalue weighted by atomic mass is 9.92. The number of hydrogen-bond acceptors (Lipinski definition) is 4. The van der Waals surface area contributed by atoms with Crippen molar-refractivity contribution in [2.45, 2.75) is 64.6 Å². The molecule has 0 aliphatic carbocycles. The van der Waals surface area contributed by atoms with Crippen LogP contribution in [0.25, 0.3) is 0 Å². The zero-order chi connectivity index (χ0) is 18.5. The average Bonchev–Trinajstić information content (AvgIpc) is 3.18. The molecule has 3 unspecified atom stereocenters. The summed E-state index contributed by atoms with van der Waals surface area (Å²) in [5.41, 5.74) is 0. The normalized spacial score (nSPS) is 29.0. The van der Waals surface area contributed by atoms with Crippen LogP contribution in [0.15, 0.2) is 0 Å². The number of carbonyl (C=O) groups is 2. The van der Waals surface area contributed by atoms with E-state index in [-0.39, 0.29) is 17.9 Å². The molecule has 6 nitrogen and oxygen atoms in total. The number of carbonyl (C=O) groups excluding carboxylic acids is 2. The second-order valence-electron chi connectivity index (χ2n) is 8.24. The smallest absolute Gasteiger partial charge is 0.251 e. The molecule has 0 radical (unpaired) electrons. The maximum absolute atomic E-state index is 12.7. The lowest BCUT2D eigenvalue weighted by Gasteiger charge is -2.37. The van der Waals surface area contributed by atoms with Crippen molar-refractivity contribution in [3.8, 4) is 0 Å². The second kappa shape index (κ2) is 9.18. The maximum Gasteiger partial charge on any atom is 0.251 e. The quantitative estimate of drug-likeness (QED) is 0.747. The molecule has 148 valence electrons. The summed E-state index contributed by atoms with van der Waals surface area (Å²) in [7, 11) is 0. The highest BCUT2D eigenvalue weighted by Gasteiger charge is 2.33. The van der Waals surface area contributed by atoms with Gasteiger partial charge >= 0.3 is 0 Å². The van der Waals surface area contributed by atoms with Crippen molar-refractivity contribution >= 4 is 11.8 Å². The fourth-order valence-electron chi connectivity index (χ4n) is 4.35. The standard InChI is InChI=1S/C20H34N2O4/c1-15-5-3-9-22(13-15)20(24)17-7-10-21(11-8-17)19(23)16(2)26-14-18-6-4-12-25-18/h15-18H,3-14H2,1-2H3. The van der Waals surface area contributed by atoms with Crippen LogP contribution in [-0.2, 0) is 19.1 Å².